The average molecular weight is 369 g/mol. The van der Waals surface area contributed by atoms with Gasteiger partial charge in [-0.05, 0) is 24.3 Å². The molecule has 4 rings (SSSR count). The first kappa shape index (κ1) is 17.4. The van der Waals surface area contributed by atoms with Gasteiger partial charge in [0, 0.05) is 37.7 Å². The van der Waals surface area contributed by atoms with E-state index in [4.69, 9.17) is 9.15 Å². The van der Waals surface area contributed by atoms with E-state index in [1.54, 1.807) is 24.7 Å². The number of anilines is 2. The Bertz CT molecular complexity index is 878. The van der Waals surface area contributed by atoms with Crippen LogP contribution in [0.2, 0.25) is 0 Å². The Morgan fingerprint density at radius 2 is 1.93 bits per heavy atom. The molecule has 0 saturated carbocycles. The third kappa shape index (κ3) is 4.40. The summed E-state index contributed by atoms with van der Waals surface area (Å²) in [5.41, 5.74) is 1.57. The van der Waals surface area contributed by atoms with E-state index in [2.05, 4.69) is 25.2 Å². The van der Waals surface area contributed by atoms with Crippen molar-refractivity contribution in [3.05, 3.63) is 54.4 Å². The Morgan fingerprint density at radius 1 is 1.11 bits per heavy atom. The molecule has 3 aromatic rings. The topological polar surface area (TPSA) is 76.3 Å². The highest BCUT2D eigenvalue weighted by molar-refractivity contribution is 5.53. The fourth-order valence-electron chi connectivity index (χ4n) is 2.87. The number of benzene rings is 1. The minimum atomic E-state index is -0.281. The zero-order valence-electron chi connectivity index (χ0n) is 14.8. The van der Waals surface area contributed by atoms with Crippen LogP contribution in [-0.4, -0.2) is 47.8 Å². The van der Waals surface area contributed by atoms with E-state index < -0.39 is 0 Å². The van der Waals surface area contributed by atoms with Crippen LogP contribution in [0.4, 0.5) is 16.0 Å². The van der Waals surface area contributed by atoms with Crippen LogP contribution in [0.15, 0.2) is 47.3 Å². The Hall–Kier alpha value is -3.00. The zero-order valence-corrected chi connectivity index (χ0v) is 14.8. The van der Waals surface area contributed by atoms with Gasteiger partial charge in [0.15, 0.2) is 0 Å². The Balaban J connectivity index is 1.33. The zero-order chi connectivity index (χ0) is 18.5. The summed E-state index contributed by atoms with van der Waals surface area (Å²) in [6.45, 7) is 3.77. The van der Waals surface area contributed by atoms with Crippen LogP contribution in [0.1, 0.15) is 5.69 Å². The molecule has 0 amide bonds. The van der Waals surface area contributed by atoms with E-state index in [1.165, 1.54) is 12.1 Å². The first-order chi connectivity index (χ1) is 13.3. The molecule has 0 aliphatic carbocycles. The highest BCUT2D eigenvalue weighted by Gasteiger charge is 2.13. The molecule has 1 N–H and O–H groups in total. The first-order valence-corrected chi connectivity index (χ1v) is 8.87. The quantitative estimate of drug-likeness (QED) is 0.716. The number of hydrogen-bond acceptors (Lipinski definition) is 7. The maximum absolute atomic E-state index is 13.0. The molecule has 27 heavy (non-hydrogen) atoms. The van der Waals surface area contributed by atoms with Gasteiger partial charge in [-0.3, -0.25) is 0 Å². The third-order valence-corrected chi connectivity index (χ3v) is 4.32. The van der Waals surface area contributed by atoms with Crippen molar-refractivity contribution in [3.8, 4) is 11.5 Å². The molecule has 8 heteroatoms. The summed E-state index contributed by atoms with van der Waals surface area (Å²) in [5.74, 6) is 1.88. The summed E-state index contributed by atoms with van der Waals surface area (Å²) in [6, 6.07) is 8.02. The van der Waals surface area contributed by atoms with Crippen molar-refractivity contribution in [1.82, 2.24) is 15.0 Å². The van der Waals surface area contributed by atoms with Crippen molar-refractivity contribution in [1.29, 1.82) is 0 Å². The molecule has 1 aliphatic rings. The smallest absolute Gasteiger partial charge is 0.226 e. The van der Waals surface area contributed by atoms with Crippen LogP contribution >= 0.6 is 0 Å². The van der Waals surface area contributed by atoms with Gasteiger partial charge in [-0.15, -0.1) is 0 Å². The van der Waals surface area contributed by atoms with Crippen LogP contribution in [0.25, 0.3) is 11.5 Å². The fraction of sp³-hybridized carbons (Fsp3) is 0.316. The van der Waals surface area contributed by atoms with Gasteiger partial charge in [-0.1, -0.05) is 0 Å². The Labute approximate surface area is 156 Å². The number of ether oxygens (including phenoxy) is 1. The highest BCUT2D eigenvalue weighted by Crippen LogP contribution is 2.19. The number of aromatic nitrogens is 3. The Morgan fingerprint density at radius 3 is 2.74 bits per heavy atom. The maximum atomic E-state index is 13.0. The monoisotopic (exact) mass is 369 g/mol. The van der Waals surface area contributed by atoms with Crippen molar-refractivity contribution in [3.63, 3.8) is 0 Å². The number of morpholine rings is 1. The second-order valence-corrected chi connectivity index (χ2v) is 6.19. The van der Waals surface area contributed by atoms with E-state index in [-0.39, 0.29) is 5.82 Å². The first-order valence-electron chi connectivity index (χ1n) is 8.87. The highest BCUT2D eigenvalue weighted by atomic mass is 19.1. The predicted octanol–water partition coefficient (Wildman–Crippen LogP) is 2.76. The number of rotatable bonds is 6. The number of nitrogens with one attached hydrogen (secondary N) is 1. The third-order valence-electron chi connectivity index (χ3n) is 4.32. The standard InChI is InChI=1S/C19H20FN5O2/c20-15-3-1-14(2-4-15)19-24-16(12-27-19)5-6-21-17-11-18(23-13-22-17)25-7-9-26-10-8-25/h1-4,11-13H,5-10H2,(H,21,22,23). The van der Waals surface area contributed by atoms with Gasteiger partial charge < -0.3 is 19.4 Å². The van der Waals surface area contributed by atoms with E-state index in [1.807, 2.05) is 6.07 Å². The van der Waals surface area contributed by atoms with Gasteiger partial charge in [-0.2, -0.15) is 0 Å². The van der Waals surface area contributed by atoms with Crippen molar-refractivity contribution >= 4 is 11.6 Å². The SMILES string of the molecule is Fc1ccc(-c2nc(CCNc3cc(N4CCOCC4)ncn3)co2)cc1. The molecule has 140 valence electrons. The van der Waals surface area contributed by atoms with Gasteiger partial charge in [0.2, 0.25) is 5.89 Å². The molecule has 1 aromatic carbocycles. The van der Waals surface area contributed by atoms with Gasteiger partial charge in [-0.25, -0.2) is 19.3 Å². The van der Waals surface area contributed by atoms with Gasteiger partial charge in [0.1, 0.15) is 30.0 Å². The van der Waals surface area contributed by atoms with Crippen molar-refractivity contribution in [2.45, 2.75) is 6.42 Å². The van der Waals surface area contributed by atoms with E-state index in [0.717, 1.165) is 49.2 Å². The number of hydrogen-bond donors (Lipinski definition) is 1. The van der Waals surface area contributed by atoms with E-state index in [9.17, 15) is 4.39 Å². The minimum Gasteiger partial charge on any atom is -0.444 e. The lowest BCUT2D eigenvalue weighted by Crippen LogP contribution is -2.36. The fourth-order valence-corrected chi connectivity index (χ4v) is 2.87. The molecule has 1 fully saturated rings. The van der Waals surface area contributed by atoms with Crippen LogP contribution in [0, 0.1) is 5.82 Å². The summed E-state index contributed by atoms with van der Waals surface area (Å²) in [6.07, 6.45) is 3.87. The predicted molar refractivity (Wildman–Crippen MR) is 99.2 cm³/mol. The Kier molecular flexibility index (Phi) is 5.24. The van der Waals surface area contributed by atoms with Crippen molar-refractivity contribution in [2.75, 3.05) is 43.1 Å². The lowest BCUT2D eigenvalue weighted by molar-refractivity contribution is 0.122. The second kappa shape index (κ2) is 8.13. The molecule has 0 atom stereocenters. The van der Waals surface area contributed by atoms with Crippen LogP contribution < -0.4 is 10.2 Å². The van der Waals surface area contributed by atoms with Crippen molar-refractivity contribution in [2.24, 2.45) is 0 Å². The molecule has 2 aromatic heterocycles. The molecular weight excluding hydrogens is 349 g/mol. The lowest BCUT2D eigenvalue weighted by atomic mass is 10.2. The molecule has 0 unspecified atom stereocenters. The number of oxazole rings is 1. The normalized spacial score (nSPS) is 14.3. The molecule has 3 heterocycles. The molecule has 1 saturated heterocycles. The van der Waals surface area contributed by atoms with Crippen molar-refractivity contribution < 1.29 is 13.5 Å². The van der Waals surface area contributed by atoms with Gasteiger partial charge >= 0.3 is 0 Å². The van der Waals surface area contributed by atoms with Crippen LogP contribution in [-0.2, 0) is 11.2 Å². The van der Waals surface area contributed by atoms with Crippen LogP contribution in [0.3, 0.4) is 0 Å². The molecule has 1 aliphatic heterocycles. The molecule has 7 nitrogen and oxygen atoms in total. The number of nitrogens with zero attached hydrogens (tertiary/aromatic N) is 4. The largest absolute Gasteiger partial charge is 0.444 e. The van der Waals surface area contributed by atoms with Crippen LogP contribution in [0.5, 0.6) is 0 Å². The summed E-state index contributed by atoms with van der Waals surface area (Å²) in [4.78, 5) is 15.2. The summed E-state index contributed by atoms with van der Waals surface area (Å²) in [5, 5.41) is 3.29. The van der Waals surface area contributed by atoms with Gasteiger partial charge in [0.25, 0.3) is 0 Å². The second-order valence-electron chi connectivity index (χ2n) is 6.19. The van der Waals surface area contributed by atoms with E-state index in [0.29, 0.717) is 18.9 Å². The number of halogens is 1. The average Bonchev–Trinajstić information content (AvgIpc) is 3.18. The molecule has 0 spiro atoms. The summed E-state index contributed by atoms with van der Waals surface area (Å²) in [7, 11) is 0. The lowest BCUT2D eigenvalue weighted by Gasteiger charge is -2.27. The molecule has 0 radical (unpaired) electrons. The summed E-state index contributed by atoms with van der Waals surface area (Å²) >= 11 is 0. The molecule has 0 bridgehead atoms. The molecular formula is C19H20FN5O2. The van der Waals surface area contributed by atoms with Gasteiger partial charge in [0.05, 0.1) is 18.9 Å². The summed E-state index contributed by atoms with van der Waals surface area (Å²) < 4.78 is 23.9. The van der Waals surface area contributed by atoms with E-state index >= 15 is 0 Å². The minimum absolute atomic E-state index is 0.281. The maximum Gasteiger partial charge on any atom is 0.226 e.